The number of hydrogen-bond donors (Lipinski definition) is 2. The summed E-state index contributed by atoms with van der Waals surface area (Å²) in [6.07, 6.45) is 3.25. The van der Waals surface area contributed by atoms with E-state index in [0.29, 0.717) is 17.8 Å². The highest BCUT2D eigenvalue weighted by molar-refractivity contribution is 6.30. The lowest BCUT2D eigenvalue weighted by atomic mass is 9.98. The Morgan fingerprint density at radius 2 is 2.16 bits per heavy atom. The van der Waals surface area contributed by atoms with Crippen LogP contribution >= 0.6 is 11.6 Å². The summed E-state index contributed by atoms with van der Waals surface area (Å²) >= 11 is 5.84. The van der Waals surface area contributed by atoms with Gasteiger partial charge in [-0.3, -0.25) is 4.98 Å². The predicted octanol–water partition coefficient (Wildman–Crippen LogP) is 3.16. The molecule has 0 aliphatic heterocycles. The third kappa shape index (κ3) is 2.85. The minimum atomic E-state index is -0.432. The van der Waals surface area contributed by atoms with Gasteiger partial charge in [0.15, 0.2) is 0 Å². The SMILES string of the molecule is CCNC(c1cnccc1N)c1cccc(Cl)c1F. The van der Waals surface area contributed by atoms with Crippen LogP contribution in [0.2, 0.25) is 5.02 Å². The fourth-order valence-corrected chi connectivity index (χ4v) is 2.18. The van der Waals surface area contributed by atoms with Crippen LogP contribution in [0.5, 0.6) is 0 Å². The van der Waals surface area contributed by atoms with Crippen molar-refractivity contribution >= 4 is 17.3 Å². The molecule has 3 N–H and O–H groups in total. The number of nitrogens with one attached hydrogen (secondary N) is 1. The molecule has 1 atom stereocenters. The summed E-state index contributed by atoms with van der Waals surface area (Å²) in [6, 6.07) is 6.27. The first-order valence-electron chi connectivity index (χ1n) is 6.01. The van der Waals surface area contributed by atoms with Crippen molar-refractivity contribution in [3.63, 3.8) is 0 Å². The average Bonchev–Trinajstić information content (AvgIpc) is 2.41. The Hall–Kier alpha value is -1.65. The third-order valence-electron chi connectivity index (χ3n) is 2.90. The standard InChI is InChI=1S/C14H15ClFN3/c1-2-19-14(10-8-18-7-6-12(10)17)9-4-3-5-11(15)13(9)16/h3-8,14,19H,2H2,1H3,(H2,17,18). The lowest BCUT2D eigenvalue weighted by Crippen LogP contribution is -2.24. The van der Waals surface area contributed by atoms with Crippen LogP contribution in [-0.2, 0) is 0 Å². The quantitative estimate of drug-likeness (QED) is 0.904. The van der Waals surface area contributed by atoms with Crippen molar-refractivity contribution in [3.8, 4) is 0 Å². The molecule has 1 aromatic heterocycles. The minimum absolute atomic E-state index is 0.0999. The average molecular weight is 280 g/mol. The van der Waals surface area contributed by atoms with E-state index >= 15 is 0 Å². The minimum Gasteiger partial charge on any atom is -0.398 e. The zero-order valence-corrected chi connectivity index (χ0v) is 11.3. The smallest absolute Gasteiger partial charge is 0.146 e. The van der Waals surface area contributed by atoms with Crippen LogP contribution in [0.4, 0.5) is 10.1 Å². The normalized spacial score (nSPS) is 12.4. The molecule has 2 aromatic rings. The second-order valence-electron chi connectivity index (χ2n) is 4.14. The van der Waals surface area contributed by atoms with Crippen molar-refractivity contribution in [2.75, 3.05) is 12.3 Å². The number of nitrogen functional groups attached to an aromatic ring is 1. The molecule has 0 amide bonds. The van der Waals surface area contributed by atoms with Crippen molar-refractivity contribution in [2.45, 2.75) is 13.0 Å². The molecule has 0 bridgehead atoms. The van der Waals surface area contributed by atoms with Gasteiger partial charge in [-0.1, -0.05) is 30.7 Å². The van der Waals surface area contributed by atoms with Crippen molar-refractivity contribution in [1.82, 2.24) is 10.3 Å². The van der Waals surface area contributed by atoms with Gasteiger partial charge in [0.25, 0.3) is 0 Å². The van der Waals surface area contributed by atoms with Gasteiger partial charge in [-0.15, -0.1) is 0 Å². The molecular weight excluding hydrogens is 265 g/mol. The molecule has 0 saturated heterocycles. The van der Waals surface area contributed by atoms with E-state index in [-0.39, 0.29) is 11.1 Å². The number of nitrogens with two attached hydrogens (primary N) is 1. The van der Waals surface area contributed by atoms with Crippen molar-refractivity contribution in [3.05, 3.63) is 58.6 Å². The molecule has 1 aromatic carbocycles. The van der Waals surface area contributed by atoms with Gasteiger partial charge in [0.2, 0.25) is 0 Å². The Bertz CT molecular complexity index is 574. The molecule has 19 heavy (non-hydrogen) atoms. The van der Waals surface area contributed by atoms with Gasteiger partial charge in [-0.05, 0) is 18.7 Å². The van der Waals surface area contributed by atoms with Gasteiger partial charge < -0.3 is 11.1 Å². The second kappa shape index (κ2) is 5.99. The summed E-state index contributed by atoms with van der Waals surface area (Å²) in [6.45, 7) is 2.62. The Morgan fingerprint density at radius 1 is 1.37 bits per heavy atom. The van der Waals surface area contributed by atoms with Crippen LogP contribution in [0.1, 0.15) is 24.1 Å². The van der Waals surface area contributed by atoms with Gasteiger partial charge in [0, 0.05) is 29.2 Å². The fourth-order valence-electron chi connectivity index (χ4n) is 1.99. The maximum absolute atomic E-state index is 14.2. The lowest BCUT2D eigenvalue weighted by molar-refractivity contribution is 0.559. The first-order chi connectivity index (χ1) is 9.15. The molecular formula is C14H15ClFN3. The van der Waals surface area contributed by atoms with Crippen LogP contribution in [0.15, 0.2) is 36.7 Å². The van der Waals surface area contributed by atoms with E-state index in [1.165, 1.54) is 6.07 Å². The number of anilines is 1. The summed E-state index contributed by atoms with van der Waals surface area (Å²) in [4.78, 5) is 4.05. The molecule has 3 nitrogen and oxygen atoms in total. The zero-order chi connectivity index (χ0) is 13.8. The zero-order valence-electron chi connectivity index (χ0n) is 10.5. The first kappa shape index (κ1) is 13.8. The maximum Gasteiger partial charge on any atom is 0.146 e. The van der Waals surface area contributed by atoms with Crippen LogP contribution in [0.3, 0.4) is 0 Å². The molecule has 5 heteroatoms. The maximum atomic E-state index is 14.2. The van der Waals surface area contributed by atoms with Crippen LogP contribution in [-0.4, -0.2) is 11.5 Å². The molecule has 1 unspecified atom stereocenters. The van der Waals surface area contributed by atoms with Crippen LogP contribution in [0.25, 0.3) is 0 Å². The summed E-state index contributed by atoms with van der Waals surface area (Å²) in [5.41, 5.74) is 7.72. The number of aromatic nitrogens is 1. The number of hydrogen-bond acceptors (Lipinski definition) is 3. The largest absolute Gasteiger partial charge is 0.398 e. The van der Waals surface area contributed by atoms with Crippen LogP contribution < -0.4 is 11.1 Å². The summed E-state index contributed by atoms with van der Waals surface area (Å²) in [5, 5.41) is 3.31. The van der Waals surface area contributed by atoms with Gasteiger partial charge in [-0.25, -0.2) is 4.39 Å². The molecule has 0 aliphatic carbocycles. The lowest BCUT2D eigenvalue weighted by Gasteiger charge is -2.21. The van der Waals surface area contributed by atoms with Gasteiger partial charge in [0.05, 0.1) is 11.1 Å². The summed E-state index contributed by atoms with van der Waals surface area (Å²) in [7, 11) is 0. The molecule has 0 fully saturated rings. The number of benzene rings is 1. The highest BCUT2D eigenvalue weighted by atomic mass is 35.5. The van der Waals surface area contributed by atoms with E-state index in [4.69, 9.17) is 17.3 Å². The fraction of sp³-hybridized carbons (Fsp3) is 0.214. The van der Waals surface area contributed by atoms with E-state index < -0.39 is 5.82 Å². The number of pyridine rings is 1. The van der Waals surface area contributed by atoms with Gasteiger partial charge in [0.1, 0.15) is 5.82 Å². The van der Waals surface area contributed by atoms with Crippen molar-refractivity contribution in [1.29, 1.82) is 0 Å². The molecule has 100 valence electrons. The molecule has 0 saturated carbocycles. The highest BCUT2D eigenvalue weighted by Crippen LogP contribution is 2.30. The van der Waals surface area contributed by atoms with Crippen molar-refractivity contribution < 1.29 is 4.39 Å². The number of halogens is 2. The van der Waals surface area contributed by atoms with E-state index in [1.54, 1.807) is 30.6 Å². The van der Waals surface area contributed by atoms with E-state index in [9.17, 15) is 4.39 Å². The second-order valence-corrected chi connectivity index (χ2v) is 4.55. The molecule has 0 aliphatic rings. The summed E-state index contributed by atoms with van der Waals surface area (Å²) < 4.78 is 14.2. The Balaban J connectivity index is 2.52. The Kier molecular flexibility index (Phi) is 4.35. The van der Waals surface area contributed by atoms with E-state index in [1.807, 2.05) is 6.92 Å². The Labute approximate surface area is 116 Å². The van der Waals surface area contributed by atoms with Crippen molar-refractivity contribution in [2.24, 2.45) is 0 Å². The monoisotopic (exact) mass is 279 g/mol. The molecule has 1 heterocycles. The Morgan fingerprint density at radius 3 is 2.84 bits per heavy atom. The number of nitrogens with zero attached hydrogens (tertiary/aromatic N) is 1. The molecule has 0 spiro atoms. The van der Waals surface area contributed by atoms with E-state index in [0.717, 1.165) is 5.56 Å². The van der Waals surface area contributed by atoms with E-state index in [2.05, 4.69) is 10.3 Å². The molecule has 0 radical (unpaired) electrons. The number of rotatable bonds is 4. The predicted molar refractivity (Wildman–Crippen MR) is 75.6 cm³/mol. The van der Waals surface area contributed by atoms with Gasteiger partial charge >= 0.3 is 0 Å². The molecule has 2 rings (SSSR count). The summed E-state index contributed by atoms with van der Waals surface area (Å²) in [5.74, 6) is -0.432. The van der Waals surface area contributed by atoms with Crippen LogP contribution in [0, 0.1) is 5.82 Å². The highest BCUT2D eigenvalue weighted by Gasteiger charge is 2.20. The third-order valence-corrected chi connectivity index (χ3v) is 3.19. The topological polar surface area (TPSA) is 50.9 Å². The van der Waals surface area contributed by atoms with Gasteiger partial charge in [-0.2, -0.15) is 0 Å². The first-order valence-corrected chi connectivity index (χ1v) is 6.39.